The van der Waals surface area contributed by atoms with Crippen molar-refractivity contribution in [1.82, 2.24) is 19.7 Å². The second-order valence-corrected chi connectivity index (χ2v) is 7.64. The Hall–Kier alpha value is -2.28. The molecule has 0 bridgehead atoms. The fourth-order valence-electron chi connectivity index (χ4n) is 4.17. The molecule has 2 heterocycles. The zero-order chi connectivity index (χ0) is 18.5. The molecule has 0 radical (unpaired) electrons. The first-order valence-corrected chi connectivity index (χ1v) is 9.04. The molecule has 2 aliphatic rings. The summed E-state index contributed by atoms with van der Waals surface area (Å²) in [5.41, 5.74) is 1.32. The van der Waals surface area contributed by atoms with E-state index in [1.54, 1.807) is 11.0 Å². The van der Waals surface area contributed by atoms with Crippen LogP contribution in [-0.2, 0) is 23.8 Å². The SMILES string of the molecule is Cc1nnc(CN(C)CC(=O)N2CC3(CCC3)c3c(F)cccc32)n1C. The van der Waals surface area contributed by atoms with Gasteiger partial charge in [-0.05, 0) is 38.9 Å². The maximum Gasteiger partial charge on any atom is 0.241 e. The summed E-state index contributed by atoms with van der Waals surface area (Å²) >= 11 is 0. The Morgan fingerprint density at radius 1 is 1.35 bits per heavy atom. The summed E-state index contributed by atoms with van der Waals surface area (Å²) in [5.74, 6) is 1.49. The molecule has 7 heteroatoms. The number of carbonyl (C=O) groups is 1. The van der Waals surface area contributed by atoms with E-state index in [-0.39, 0.29) is 23.7 Å². The minimum Gasteiger partial charge on any atom is -0.317 e. The van der Waals surface area contributed by atoms with Gasteiger partial charge in [-0.1, -0.05) is 12.5 Å². The van der Waals surface area contributed by atoms with Crippen LogP contribution < -0.4 is 4.90 Å². The van der Waals surface area contributed by atoms with Crippen molar-refractivity contribution in [2.45, 2.75) is 38.1 Å². The summed E-state index contributed by atoms with van der Waals surface area (Å²) in [6.07, 6.45) is 3.01. The maximum absolute atomic E-state index is 14.5. The number of hydrogen-bond acceptors (Lipinski definition) is 4. The molecule has 1 fully saturated rings. The number of amides is 1. The van der Waals surface area contributed by atoms with Crippen LogP contribution in [0.4, 0.5) is 10.1 Å². The van der Waals surface area contributed by atoms with Gasteiger partial charge in [0.05, 0.1) is 18.8 Å². The van der Waals surface area contributed by atoms with Gasteiger partial charge in [0.2, 0.25) is 5.91 Å². The number of aromatic nitrogens is 3. The molecule has 138 valence electrons. The highest BCUT2D eigenvalue weighted by atomic mass is 19.1. The molecular weight excluding hydrogens is 333 g/mol. The molecule has 1 saturated carbocycles. The van der Waals surface area contributed by atoms with Gasteiger partial charge in [-0.15, -0.1) is 10.2 Å². The van der Waals surface area contributed by atoms with E-state index in [0.29, 0.717) is 13.1 Å². The van der Waals surface area contributed by atoms with Crippen molar-refractivity contribution in [3.05, 3.63) is 41.2 Å². The van der Waals surface area contributed by atoms with Crippen molar-refractivity contribution in [1.29, 1.82) is 0 Å². The lowest BCUT2D eigenvalue weighted by atomic mass is 9.65. The zero-order valence-corrected chi connectivity index (χ0v) is 15.5. The van der Waals surface area contributed by atoms with Crippen LogP contribution in [-0.4, -0.2) is 45.7 Å². The summed E-state index contributed by atoms with van der Waals surface area (Å²) in [6.45, 7) is 3.30. The van der Waals surface area contributed by atoms with Gasteiger partial charge in [0, 0.05) is 24.6 Å². The Bertz CT molecular complexity index is 858. The summed E-state index contributed by atoms with van der Waals surface area (Å²) in [5, 5.41) is 8.20. The number of carbonyl (C=O) groups excluding carboxylic acids is 1. The average Bonchev–Trinajstić information content (AvgIpc) is 3.08. The molecule has 1 spiro atoms. The molecular formula is C19H24FN5O. The van der Waals surface area contributed by atoms with E-state index in [4.69, 9.17) is 0 Å². The molecule has 0 unspecified atom stereocenters. The van der Waals surface area contributed by atoms with Crippen LogP contribution in [0.5, 0.6) is 0 Å². The predicted molar refractivity (Wildman–Crippen MR) is 96.4 cm³/mol. The van der Waals surface area contributed by atoms with Gasteiger partial charge in [-0.2, -0.15) is 0 Å². The van der Waals surface area contributed by atoms with Crippen LogP contribution in [0.3, 0.4) is 0 Å². The molecule has 1 amide bonds. The summed E-state index contributed by atoms with van der Waals surface area (Å²) in [7, 11) is 3.81. The van der Waals surface area contributed by atoms with Crippen molar-refractivity contribution in [2.24, 2.45) is 7.05 Å². The van der Waals surface area contributed by atoms with Gasteiger partial charge in [0.15, 0.2) is 0 Å². The van der Waals surface area contributed by atoms with E-state index in [2.05, 4.69) is 10.2 Å². The molecule has 26 heavy (non-hydrogen) atoms. The summed E-state index contributed by atoms with van der Waals surface area (Å²) < 4.78 is 16.4. The van der Waals surface area contributed by atoms with Crippen LogP contribution in [0.1, 0.15) is 36.5 Å². The number of nitrogens with zero attached hydrogens (tertiary/aromatic N) is 5. The second-order valence-electron chi connectivity index (χ2n) is 7.64. The quantitative estimate of drug-likeness (QED) is 0.842. The van der Waals surface area contributed by atoms with E-state index >= 15 is 0 Å². The Morgan fingerprint density at radius 3 is 2.73 bits per heavy atom. The summed E-state index contributed by atoms with van der Waals surface area (Å²) in [6, 6.07) is 5.07. The van der Waals surface area contributed by atoms with Crippen molar-refractivity contribution in [2.75, 3.05) is 25.0 Å². The number of rotatable bonds is 4. The van der Waals surface area contributed by atoms with E-state index in [1.807, 2.05) is 36.6 Å². The van der Waals surface area contributed by atoms with Gasteiger partial charge in [0.25, 0.3) is 0 Å². The monoisotopic (exact) mass is 357 g/mol. The molecule has 1 aliphatic heterocycles. The molecule has 1 aromatic heterocycles. The third-order valence-electron chi connectivity index (χ3n) is 5.88. The average molecular weight is 357 g/mol. The van der Waals surface area contributed by atoms with Gasteiger partial charge >= 0.3 is 0 Å². The first kappa shape index (κ1) is 17.1. The number of fused-ring (bicyclic) bond motifs is 2. The highest BCUT2D eigenvalue weighted by Crippen LogP contribution is 2.53. The number of halogens is 1. The Kier molecular flexibility index (Phi) is 4.06. The van der Waals surface area contributed by atoms with E-state index in [0.717, 1.165) is 42.2 Å². The molecule has 1 aliphatic carbocycles. The van der Waals surface area contributed by atoms with Crippen molar-refractivity contribution in [3.63, 3.8) is 0 Å². The Labute approximate surface area is 152 Å². The number of hydrogen-bond donors (Lipinski definition) is 0. The molecule has 0 atom stereocenters. The lowest BCUT2D eigenvalue weighted by molar-refractivity contribution is -0.119. The third-order valence-corrected chi connectivity index (χ3v) is 5.88. The molecule has 0 N–H and O–H groups in total. The lowest BCUT2D eigenvalue weighted by Gasteiger charge is -2.39. The molecule has 6 nitrogen and oxygen atoms in total. The van der Waals surface area contributed by atoms with Crippen molar-refractivity contribution in [3.8, 4) is 0 Å². The van der Waals surface area contributed by atoms with Gasteiger partial charge in [-0.25, -0.2) is 4.39 Å². The normalized spacial score (nSPS) is 17.7. The Morgan fingerprint density at radius 2 is 2.12 bits per heavy atom. The predicted octanol–water partition coefficient (Wildman–Crippen LogP) is 2.16. The fourth-order valence-corrected chi connectivity index (χ4v) is 4.17. The van der Waals surface area contributed by atoms with E-state index < -0.39 is 0 Å². The van der Waals surface area contributed by atoms with Crippen LogP contribution in [0, 0.1) is 12.7 Å². The first-order valence-electron chi connectivity index (χ1n) is 9.04. The van der Waals surface area contributed by atoms with Crippen LogP contribution in [0.25, 0.3) is 0 Å². The molecule has 4 rings (SSSR count). The molecule has 2 aromatic rings. The Balaban J connectivity index is 1.51. The number of aryl methyl sites for hydroxylation is 1. The lowest BCUT2D eigenvalue weighted by Crippen LogP contribution is -2.44. The second kappa shape index (κ2) is 6.16. The van der Waals surface area contributed by atoms with Gasteiger partial charge in [-0.3, -0.25) is 9.69 Å². The van der Waals surface area contributed by atoms with E-state index in [9.17, 15) is 9.18 Å². The van der Waals surface area contributed by atoms with Crippen LogP contribution in [0.15, 0.2) is 18.2 Å². The topological polar surface area (TPSA) is 54.3 Å². The largest absolute Gasteiger partial charge is 0.317 e. The maximum atomic E-state index is 14.5. The molecule has 0 saturated heterocycles. The zero-order valence-electron chi connectivity index (χ0n) is 15.5. The highest BCUT2D eigenvalue weighted by Gasteiger charge is 2.50. The van der Waals surface area contributed by atoms with Crippen LogP contribution >= 0.6 is 0 Å². The van der Waals surface area contributed by atoms with Crippen molar-refractivity contribution >= 4 is 11.6 Å². The minimum absolute atomic E-state index is 0.00187. The number of anilines is 1. The van der Waals surface area contributed by atoms with Crippen LogP contribution in [0.2, 0.25) is 0 Å². The standard InChI is InChI=1S/C19H24FN5O/c1-13-21-22-16(24(13)3)10-23(2)11-17(26)25-12-19(8-5-9-19)18-14(20)6-4-7-15(18)25/h4,6-7H,5,8-12H2,1-3H3. The summed E-state index contributed by atoms with van der Waals surface area (Å²) in [4.78, 5) is 16.7. The van der Waals surface area contributed by atoms with E-state index in [1.165, 1.54) is 6.07 Å². The smallest absolute Gasteiger partial charge is 0.241 e. The van der Waals surface area contributed by atoms with Gasteiger partial charge < -0.3 is 9.47 Å². The third kappa shape index (κ3) is 2.61. The minimum atomic E-state index is -0.180. The number of likely N-dealkylation sites (N-methyl/N-ethyl adjacent to an activating group) is 1. The van der Waals surface area contributed by atoms with Crippen molar-refractivity contribution < 1.29 is 9.18 Å². The number of benzene rings is 1. The fraction of sp³-hybridized carbons (Fsp3) is 0.526. The first-order chi connectivity index (χ1) is 12.4. The van der Waals surface area contributed by atoms with Gasteiger partial charge in [0.1, 0.15) is 17.5 Å². The molecule has 1 aromatic carbocycles. The highest BCUT2D eigenvalue weighted by molar-refractivity contribution is 5.97.